The summed E-state index contributed by atoms with van der Waals surface area (Å²) in [6.07, 6.45) is 5.20. The summed E-state index contributed by atoms with van der Waals surface area (Å²) in [5.41, 5.74) is 2.11. The Hall–Kier alpha value is -1.34. The van der Waals surface area contributed by atoms with Crippen molar-refractivity contribution in [2.45, 2.75) is 56.4 Å². The van der Waals surface area contributed by atoms with Crippen molar-refractivity contribution < 1.29 is 13.2 Å². The third-order valence-corrected chi connectivity index (χ3v) is 10.0. The second-order valence-electron chi connectivity index (χ2n) is 8.90. The summed E-state index contributed by atoms with van der Waals surface area (Å²) in [6.45, 7) is 2.02. The molecule has 2 aliphatic heterocycles. The van der Waals surface area contributed by atoms with Crippen LogP contribution in [0.4, 0.5) is 0 Å². The van der Waals surface area contributed by atoms with E-state index in [1.165, 1.54) is 31.0 Å². The van der Waals surface area contributed by atoms with Crippen LogP contribution in [-0.4, -0.2) is 53.2 Å². The van der Waals surface area contributed by atoms with Gasteiger partial charge in [-0.3, -0.25) is 4.79 Å². The molecule has 0 spiro atoms. The minimum absolute atomic E-state index is 0.00938. The summed E-state index contributed by atoms with van der Waals surface area (Å²) < 4.78 is 24.4. The standard InChI is InChI=1S/C21H26N2O3S2/c1-13-3-2-4-14(7-13)10-20(24)22-21-23(17-9-15-5-6-16(17)8-15)18-11-28(25,26)12-19(18)27-21/h2-4,7,15-19H,5-6,8-12H2,1H3. The highest BCUT2D eigenvalue weighted by molar-refractivity contribution is 8.15. The Morgan fingerprint density at radius 3 is 2.79 bits per heavy atom. The maximum atomic E-state index is 12.7. The molecule has 5 rings (SSSR count). The molecule has 2 saturated heterocycles. The van der Waals surface area contributed by atoms with Gasteiger partial charge >= 0.3 is 0 Å². The maximum absolute atomic E-state index is 12.7. The Balaban J connectivity index is 1.41. The number of nitrogens with zero attached hydrogens (tertiary/aromatic N) is 2. The van der Waals surface area contributed by atoms with Crippen LogP contribution < -0.4 is 0 Å². The van der Waals surface area contributed by atoms with Crippen LogP contribution in [0.1, 0.15) is 36.8 Å². The fraction of sp³-hybridized carbons (Fsp3) is 0.619. The third-order valence-electron chi connectivity index (χ3n) is 6.82. The zero-order valence-electron chi connectivity index (χ0n) is 16.1. The number of hydrogen-bond acceptors (Lipinski definition) is 4. The first-order valence-electron chi connectivity index (χ1n) is 10.2. The van der Waals surface area contributed by atoms with E-state index in [9.17, 15) is 13.2 Å². The molecule has 4 aliphatic rings. The van der Waals surface area contributed by atoms with Gasteiger partial charge in [-0.05, 0) is 43.6 Å². The van der Waals surface area contributed by atoms with Crippen LogP contribution in [0.25, 0.3) is 0 Å². The van der Waals surface area contributed by atoms with Gasteiger partial charge < -0.3 is 4.90 Å². The van der Waals surface area contributed by atoms with Crippen LogP contribution in [-0.2, 0) is 21.1 Å². The van der Waals surface area contributed by atoms with Crippen molar-refractivity contribution in [1.82, 2.24) is 4.90 Å². The molecule has 28 heavy (non-hydrogen) atoms. The van der Waals surface area contributed by atoms with E-state index in [2.05, 4.69) is 9.89 Å². The highest BCUT2D eigenvalue weighted by Crippen LogP contribution is 2.51. The molecule has 5 nitrogen and oxygen atoms in total. The third kappa shape index (κ3) is 3.41. The fourth-order valence-electron chi connectivity index (χ4n) is 5.67. The van der Waals surface area contributed by atoms with Gasteiger partial charge in [0.2, 0.25) is 0 Å². The molecule has 2 aliphatic carbocycles. The number of rotatable bonds is 3. The van der Waals surface area contributed by atoms with Crippen molar-refractivity contribution in [1.29, 1.82) is 0 Å². The molecule has 2 heterocycles. The summed E-state index contributed by atoms with van der Waals surface area (Å²) >= 11 is 1.52. The van der Waals surface area contributed by atoms with E-state index in [0.717, 1.165) is 28.6 Å². The number of carbonyl (C=O) groups excluding carboxylic acids is 1. The Labute approximate surface area is 170 Å². The number of amides is 1. The molecule has 2 bridgehead atoms. The number of amidine groups is 1. The minimum atomic E-state index is -2.99. The average molecular weight is 419 g/mol. The van der Waals surface area contributed by atoms with Gasteiger partial charge in [0.05, 0.1) is 24.0 Å². The zero-order valence-corrected chi connectivity index (χ0v) is 17.7. The molecular weight excluding hydrogens is 392 g/mol. The molecule has 1 aromatic rings. The highest BCUT2D eigenvalue weighted by atomic mass is 32.2. The lowest BCUT2D eigenvalue weighted by Gasteiger charge is -2.36. The minimum Gasteiger partial charge on any atom is -0.343 e. The molecule has 2 saturated carbocycles. The molecule has 150 valence electrons. The molecule has 0 aromatic heterocycles. The molecule has 5 atom stereocenters. The largest absolute Gasteiger partial charge is 0.343 e. The number of sulfone groups is 1. The Bertz CT molecular complexity index is 943. The highest BCUT2D eigenvalue weighted by Gasteiger charge is 2.54. The van der Waals surface area contributed by atoms with Gasteiger partial charge in [-0.2, -0.15) is 4.99 Å². The summed E-state index contributed by atoms with van der Waals surface area (Å²) in [7, 11) is -2.99. The van der Waals surface area contributed by atoms with Gasteiger partial charge in [-0.15, -0.1) is 0 Å². The van der Waals surface area contributed by atoms with Crippen molar-refractivity contribution in [3.8, 4) is 0 Å². The van der Waals surface area contributed by atoms with Crippen LogP contribution in [0.15, 0.2) is 29.3 Å². The van der Waals surface area contributed by atoms with Crippen LogP contribution >= 0.6 is 11.8 Å². The van der Waals surface area contributed by atoms with Gasteiger partial charge in [-0.1, -0.05) is 48.0 Å². The molecule has 7 heteroatoms. The number of thioether (sulfide) groups is 1. The molecular formula is C21H26N2O3S2. The predicted molar refractivity (Wildman–Crippen MR) is 112 cm³/mol. The molecule has 1 amide bonds. The van der Waals surface area contributed by atoms with E-state index >= 15 is 0 Å². The monoisotopic (exact) mass is 418 g/mol. The van der Waals surface area contributed by atoms with Gasteiger partial charge in [0, 0.05) is 11.3 Å². The van der Waals surface area contributed by atoms with Crippen molar-refractivity contribution in [2.24, 2.45) is 16.8 Å². The molecule has 0 radical (unpaired) electrons. The lowest BCUT2D eigenvalue weighted by molar-refractivity contribution is -0.117. The zero-order chi connectivity index (χ0) is 19.5. The number of carbonyl (C=O) groups is 1. The number of benzene rings is 1. The SMILES string of the molecule is Cc1cccc(CC(=O)N=C2SC3CS(=O)(=O)CC3N2C2CC3CCC2C3)c1. The predicted octanol–water partition coefficient (Wildman–Crippen LogP) is 2.82. The fourth-order valence-corrected chi connectivity index (χ4v) is 9.66. The van der Waals surface area contributed by atoms with Crippen molar-refractivity contribution in [3.05, 3.63) is 35.4 Å². The normalized spacial score (nSPS) is 37.0. The van der Waals surface area contributed by atoms with Crippen molar-refractivity contribution in [2.75, 3.05) is 11.5 Å². The van der Waals surface area contributed by atoms with E-state index in [1.807, 2.05) is 31.2 Å². The van der Waals surface area contributed by atoms with E-state index in [0.29, 0.717) is 18.4 Å². The molecule has 4 fully saturated rings. The van der Waals surface area contributed by atoms with Gasteiger partial charge in [0.15, 0.2) is 15.0 Å². The number of aryl methyl sites for hydroxylation is 1. The quantitative estimate of drug-likeness (QED) is 0.755. The van der Waals surface area contributed by atoms with Gasteiger partial charge in [0.25, 0.3) is 5.91 Å². The lowest BCUT2D eigenvalue weighted by atomic mass is 9.93. The molecule has 0 N–H and O–H groups in total. The summed E-state index contributed by atoms with van der Waals surface area (Å²) in [5, 5.41) is 0.801. The molecule has 1 aromatic carbocycles. The van der Waals surface area contributed by atoms with E-state index in [-0.39, 0.29) is 28.7 Å². The van der Waals surface area contributed by atoms with Crippen LogP contribution in [0.2, 0.25) is 0 Å². The number of aliphatic imine (C=N–C) groups is 1. The second kappa shape index (κ2) is 6.87. The summed E-state index contributed by atoms with van der Waals surface area (Å²) in [5.74, 6) is 1.68. The number of hydrogen-bond donors (Lipinski definition) is 0. The Morgan fingerprint density at radius 1 is 1.21 bits per heavy atom. The van der Waals surface area contributed by atoms with Crippen LogP contribution in [0.3, 0.4) is 0 Å². The first-order chi connectivity index (χ1) is 13.4. The molecule has 5 unspecified atom stereocenters. The average Bonchev–Trinajstić information content (AvgIpc) is 3.34. The first-order valence-corrected chi connectivity index (χ1v) is 12.9. The van der Waals surface area contributed by atoms with E-state index in [4.69, 9.17) is 0 Å². The van der Waals surface area contributed by atoms with Crippen LogP contribution in [0.5, 0.6) is 0 Å². The van der Waals surface area contributed by atoms with E-state index < -0.39 is 9.84 Å². The Kier molecular flexibility index (Phi) is 4.58. The van der Waals surface area contributed by atoms with Crippen molar-refractivity contribution in [3.63, 3.8) is 0 Å². The van der Waals surface area contributed by atoms with E-state index in [1.54, 1.807) is 0 Å². The first kappa shape index (κ1) is 18.7. The summed E-state index contributed by atoms with van der Waals surface area (Å²) in [4.78, 5) is 19.5. The summed E-state index contributed by atoms with van der Waals surface area (Å²) in [6, 6.07) is 8.32. The topological polar surface area (TPSA) is 66.8 Å². The van der Waals surface area contributed by atoms with Gasteiger partial charge in [0.1, 0.15) is 0 Å². The second-order valence-corrected chi connectivity index (χ2v) is 12.3. The van der Waals surface area contributed by atoms with Crippen LogP contribution in [0, 0.1) is 18.8 Å². The van der Waals surface area contributed by atoms with Crippen molar-refractivity contribution >= 4 is 32.7 Å². The van der Waals surface area contributed by atoms with Gasteiger partial charge in [-0.25, -0.2) is 8.42 Å². The Morgan fingerprint density at radius 2 is 2.07 bits per heavy atom. The maximum Gasteiger partial charge on any atom is 0.252 e. The number of fused-ring (bicyclic) bond motifs is 3. The smallest absolute Gasteiger partial charge is 0.252 e. The lowest BCUT2D eigenvalue weighted by Crippen LogP contribution is -2.47.